The van der Waals surface area contributed by atoms with Crippen molar-refractivity contribution in [2.75, 3.05) is 23.7 Å². The Balaban J connectivity index is 1.15. The zero-order valence-electron chi connectivity index (χ0n) is 26.7. The molecule has 0 unspecified atom stereocenters. The average Bonchev–Trinajstić information content (AvgIpc) is 3.71. The van der Waals surface area contributed by atoms with Gasteiger partial charge in [0.1, 0.15) is 11.6 Å². The van der Waals surface area contributed by atoms with Crippen LogP contribution in [0.1, 0.15) is 65.7 Å². The number of nitrogens with one attached hydrogen (secondary N) is 5. The second-order valence-corrected chi connectivity index (χ2v) is 11.7. The minimum Gasteiger partial charge on any atom is -0.358 e. The van der Waals surface area contributed by atoms with Gasteiger partial charge in [-0.1, -0.05) is 6.58 Å². The fourth-order valence-electron chi connectivity index (χ4n) is 6.19. The maximum absolute atomic E-state index is 13.9. The van der Waals surface area contributed by atoms with Crippen molar-refractivity contribution in [3.05, 3.63) is 117 Å². The highest BCUT2D eigenvalue weighted by Gasteiger charge is 2.28. The summed E-state index contributed by atoms with van der Waals surface area (Å²) in [5.74, 6) is -2.42. The number of aromatic nitrogens is 2. The highest BCUT2D eigenvalue weighted by Crippen LogP contribution is 2.36. The number of nitrogens with zero attached hydrogens (tertiary/aromatic N) is 1. The summed E-state index contributed by atoms with van der Waals surface area (Å²) in [6, 6.07) is 8.11. The van der Waals surface area contributed by atoms with E-state index >= 15 is 0 Å². The van der Waals surface area contributed by atoms with Crippen LogP contribution in [-0.2, 0) is 9.59 Å². The quantitative estimate of drug-likeness (QED) is 0.153. The smallest absolute Gasteiger partial charge is 0.259 e. The molecule has 4 aromatic rings. The monoisotopic (exact) mass is 650 g/mol. The van der Waals surface area contributed by atoms with E-state index in [1.807, 2.05) is 0 Å². The van der Waals surface area contributed by atoms with Gasteiger partial charge in [-0.3, -0.25) is 19.2 Å². The largest absolute Gasteiger partial charge is 0.358 e. The van der Waals surface area contributed by atoms with Crippen LogP contribution in [0.2, 0.25) is 0 Å². The standard InChI is InChI=1S/C36H32F2N6O4/c1-6-44(36(48)32-18(3)30(41-20(32)5)16-26-24-14-22(38)8-10-28(24)43-34(26)46)12-11-39-35(47)31-17(2)29(40-19(31)4)15-25-23-13-21(37)7-9-27(23)42-33(25)45/h6-10,13-16,40-41H,1,11-12H2,2-5H3,(H,39,47)(H,42,45)(H,43,46). The first-order chi connectivity index (χ1) is 22.9. The fourth-order valence-corrected chi connectivity index (χ4v) is 6.19. The first-order valence-electron chi connectivity index (χ1n) is 15.1. The number of hydrogen-bond donors (Lipinski definition) is 5. The topological polar surface area (TPSA) is 139 Å². The van der Waals surface area contributed by atoms with Crippen LogP contribution in [0.5, 0.6) is 0 Å². The van der Waals surface area contributed by atoms with Crippen molar-refractivity contribution in [3.63, 3.8) is 0 Å². The van der Waals surface area contributed by atoms with Crippen molar-refractivity contribution in [1.82, 2.24) is 20.2 Å². The van der Waals surface area contributed by atoms with E-state index in [-0.39, 0.29) is 47.9 Å². The van der Waals surface area contributed by atoms with Gasteiger partial charge < -0.3 is 30.8 Å². The molecule has 0 spiro atoms. The summed E-state index contributed by atoms with van der Waals surface area (Å²) in [5, 5.41) is 8.28. The van der Waals surface area contributed by atoms with E-state index in [2.05, 4.69) is 32.5 Å². The van der Waals surface area contributed by atoms with Crippen molar-refractivity contribution in [2.24, 2.45) is 0 Å². The number of aryl methyl sites for hydroxylation is 2. The number of aromatic amines is 2. The van der Waals surface area contributed by atoms with E-state index < -0.39 is 11.6 Å². The van der Waals surface area contributed by atoms with Crippen LogP contribution in [0.3, 0.4) is 0 Å². The molecule has 2 aromatic heterocycles. The number of H-pyrrole nitrogens is 2. The Kier molecular flexibility index (Phi) is 8.17. The molecule has 0 fully saturated rings. The third-order valence-electron chi connectivity index (χ3n) is 8.62. The molecular formula is C36H32F2N6O4. The maximum atomic E-state index is 13.9. The lowest BCUT2D eigenvalue weighted by atomic mass is 10.0. The highest BCUT2D eigenvalue weighted by atomic mass is 19.1. The van der Waals surface area contributed by atoms with Gasteiger partial charge in [0.15, 0.2) is 0 Å². The van der Waals surface area contributed by atoms with Gasteiger partial charge in [0, 0.05) is 58.4 Å². The summed E-state index contributed by atoms with van der Waals surface area (Å²) in [6.45, 7) is 11.0. The van der Waals surface area contributed by atoms with Crippen LogP contribution in [0, 0.1) is 39.3 Å². The third-order valence-corrected chi connectivity index (χ3v) is 8.62. The first-order valence-corrected chi connectivity index (χ1v) is 15.1. The van der Waals surface area contributed by atoms with Gasteiger partial charge in [-0.05, 0) is 93.6 Å². The van der Waals surface area contributed by atoms with Gasteiger partial charge in [0.25, 0.3) is 23.6 Å². The minimum absolute atomic E-state index is 0.105. The number of rotatable bonds is 8. The van der Waals surface area contributed by atoms with Crippen molar-refractivity contribution < 1.29 is 28.0 Å². The lowest BCUT2D eigenvalue weighted by Gasteiger charge is -2.19. The SMILES string of the molecule is C=CN(CCNC(=O)c1c(C)[nH]c(C=C2C(=O)Nc3ccc(F)cc32)c1C)C(=O)c1c(C)[nH]c(C=C2C(=O)Nc3ccc(F)cc32)c1C. The fraction of sp³-hybridized carbons (Fsp3) is 0.167. The zero-order chi connectivity index (χ0) is 34.4. The molecule has 0 saturated heterocycles. The van der Waals surface area contributed by atoms with Gasteiger partial charge in [0.2, 0.25) is 0 Å². The molecule has 12 heteroatoms. The Hall–Kier alpha value is -6.04. The minimum atomic E-state index is -0.471. The van der Waals surface area contributed by atoms with Crippen molar-refractivity contribution in [2.45, 2.75) is 27.7 Å². The predicted octanol–water partition coefficient (Wildman–Crippen LogP) is 5.86. The Morgan fingerprint density at radius 3 is 1.77 bits per heavy atom. The van der Waals surface area contributed by atoms with Crippen LogP contribution in [0.25, 0.3) is 23.3 Å². The van der Waals surface area contributed by atoms with E-state index in [9.17, 15) is 28.0 Å². The van der Waals surface area contributed by atoms with Crippen LogP contribution < -0.4 is 16.0 Å². The Morgan fingerprint density at radius 2 is 1.27 bits per heavy atom. The van der Waals surface area contributed by atoms with E-state index in [0.29, 0.717) is 67.5 Å². The summed E-state index contributed by atoms with van der Waals surface area (Å²) < 4.78 is 27.8. The maximum Gasteiger partial charge on any atom is 0.259 e. The van der Waals surface area contributed by atoms with Crippen LogP contribution >= 0.6 is 0 Å². The second kappa shape index (κ2) is 12.3. The van der Waals surface area contributed by atoms with E-state index in [1.165, 1.54) is 47.5 Å². The summed E-state index contributed by atoms with van der Waals surface area (Å²) in [4.78, 5) is 59.8. The average molecular weight is 651 g/mol. The number of amides is 4. The molecule has 2 aliphatic heterocycles. The highest BCUT2D eigenvalue weighted by molar-refractivity contribution is 6.35. The van der Waals surface area contributed by atoms with E-state index in [0.717, 1.165) is 0 Å². The zero-order valence-corrected chi connectivity index (χ0v) is 26.7. The lowest BCUT2D eigenvalue weighted by molar-refractivity contribution is -0.111. The molecule has 48 heavy (non-hydrogen) atoms. The molecule has 0 saturated carbocycles. The molecule has 6 rings (SSSR count). The molecule has 2 aliphatic rings. The number of fused-ring (bicyclic) bond motifs is 2. The van der Waals surface area contributed by atoms with Gasteiger partial charge in [-0.25, -0.2) is 8.78 Å². The number of benzene rings is 2. The van der Waals surface area contributed by atoms with E-state index in [4.69, 9.17) is 0 Å². The molecule has 0 radical (unpaired) electrons. The van der Waals surface area contributed by atoms with Gasteiger partial charge in [0.05, 0.1) is 22.3 Å². The molecule has 4 amide bonds. The van der Waals surface area contributed by atoms with Crippen molar-refractivity contribution in [1.29, 1.82) is 0 Å². The number of anilines is 2. The molecule has 5 N–H and O–H groups in total. The number of carbonyl (C=O) groups is 4. The molecule has 2 aromatic carbocycles. The lowest BCUT2D eigenvalue weighted by Crippen LogP contribution is -2.36. The Morgan fingerprint density at radius 1 is 0.792 bits per heavy atom. The number of halogens is 2. The van der Waals surface area contributed by atoms with Crippen LogP contribution in [0.4, 0.5) is 20.2 Å². The van der Waals surface area contributed by atoms with Gasteiger partial charge >= 0.3 is 0 Å². The molecule has 0 bridgehead atoms. The summed E-state index contributed by atoms with van der Waals surface area (Å²) in [5.41, 5.74) is 6.64. The van der Waals surface area contributed by atoms with Crippen LogP contribution in [0.15, 0.2) is 49.2 Å². The molecule has 244 valence electrons. The molecule has 0 aliphatic carbocycles. The third kappa shape index (κ3) is 5.61. The van der Waals surface area contributed by atoms with Crippen molar-refractivity contribution >= 4 is 58.3 Å². The molecular weight excluding hydrogens is 618 g/mol. The molecule has 0 atom stereocenters. The first kappa shape index (κ1) is 31.9. The molecule has 4 heterocycles. The summed E-state index contributed by atoms with van der Waals surface area (Å²) in [6.07, 6.45) is 4.58. The van der Waals surface area contributed by atoms with E-state index in [1.54, 1.807) is 39.8 Å². The number of hydrogen-bond acceptors (Lipinski definition) is 4. The van der Waals surface area contributed by atoms with Gasteiger partial charge in [-0.2, -0.15) is 0 Å². The van der Waals surface area contributed by atoms with Gasteiger partial charge in [-0.15, -0.1) is 0 Å². The normalized spacial score (nSPS) is 15.0. The Bertz CT molecular complexity index is 2140. The summed E-state index contributed by atoms with van der Waals surface area (Å²) >= 11 is 0. The molecule has 10 nitrogen and oxygen atoms in total. The Labute approximate surface area is 274 Å². The van der Waals surface area contributed by atoms with Crippen LogP contribution in [-0.4, -0.2) is 51.6 Å². The summed E-state index contributed by atoms with van der Waals surface area (Å²) in [7, 11) is 0. The number of carbonyl (C=O) groups excluding carboxylic acids is 4. The second-order valence-electron chi connectivity index (χ2n) is 11.7. The van der Waals surface area contributed by atoms with Crippen molar-refractivity contribution in [3.8, 4) is 0 Å². The predicted molar refractivity (Wildman–Crippen MR) is 180 cm³/mol.